The standard InChI is InChI=1S/C7H5BrF2.C2H6/c1-4-2-5(8)7(10)3-6(4)9;1-2/h2-3H,1H3;1-2H3. The highest BCUT2D eigenvalue weighted by molar-refractivity contribution is 9.10. The Morgan fingerprint density at radius 2 is 1.58 bits per heavy atom. The second-order valence-corrected chi connectivity index (χ2v) is 2.87. The van der Waals surface area contributed by atoms with Gasteiger partial charge in [0.15, 0.2) is 0 Å². The highest BCUT2D eigenvalue weighted by atomic mass is 79.9. The molecule has 3 heteroatoms. The molecule has 0 heterocycles. The summed E-state index contributed by atoms with van der Waals surface area (Å²) < 4.78 is 25.3. The molecule has 12 heavy (non-hydrogen) atoms. The third kappa shape index (κ3) is 2.89. The van der Waals surface area contributed by atoms with Gasteiger partial charge in [0.1, 0.15) is 11.6 Å². The molecule has 0 atom stereocenters. The van der Waals surface area contributed by atoms with Gasteiger partial charge in [0, 0.05) is 6.07 Å². The summed E-state index contributed by atoms with van der Waals surface area (Å²) in [7, 11) is 0. The first-order valence-corrected chi connectivity index (χ1v) is 4.51. The zero-order valence-electron chi connectivity index (χ0n) is 7.29. The van der Waals surface area contributed by atoms with E-state index < -0.39 is 11.6 Å². The van der Waals surface area contributed by atoms with E-state index in [4.69, 9.17) is 0 Å². The van der Waals surface area contributed by atoms with Crippen LogP contribution in [0.5, 0.6) is 0 Å². The van der Waals surface area contributed by atoms with Crippen LogP contribution in [0.2, 0.25) is 0 Å². The largest absolute Gasteiger partial charge is 0.207 e. The summed E-state index contributed by atoms with van der Waals surface area (Å²) >= 11 is 2.94. The number of benzene rings is 1. The van der Waals surface area contributed by atoms with Crippen LogP contribution in [0, 0.1) is 18.6 Å². The van der Waals surface area contributed by atoms with Crippen molar-refractivity contribution in [3.05, 3.63) is 33.8 Å². The van der Waals surface area contributed by atoms with E-state index in [9.17, 15) is 8.78 Å². The third-order valence-corrected chi connectivity index (χ3v) is 1.81. The van der Waals surface area contributed by atoms with Crippen LogP contribution >= 0.6 is 15.9 Å². The van der Waals surface area contributed by atoms with Gasteiger partial charge in [-0.25, -0.2) is 8.78 Å². The number of rotatable bonds is 0. The van der Waals surface area contributed by atoms with Gasteiger partial charge < -0.3 is 0 Å². The Morgan fingerprint density at radius 3 is 2.00 bits per heavy atom. The molecule has 0 aromatic heterocycles. The van der Waals surface area contributed by atoms with Crippen molar-refractivity contribution in [3.8, 4) is 0 Å². The smallest absolute Gasteiger partial charge is 0.140 e. The summed E-state index contributed by atoms with van der Waals surface area (Å²) in [5.74, 6) is -1.08. The van der Waals surface area contributed by atoms with E-state index in [1.54, 1.807) is 6.92 Å². The summed E-state index contributed by atoms with van der Waals surface area (Å²) in [5.41, 5.74) is 0.438. The summed E-state index contributed by atoms with van der Waals surface area (Å²) in [6.07, 6.45) is 0. The molecule has 0 aliphatic rings. The SMILES string of the molecule is CC.Cc1cc(Br)c(F)cc1F. The van der Waals surface area contributed by atoms with E-state index in [2.05, 4.69) is 15.9 Å². The molecule has 0 N–H and O–H groups in total. The van der Waals surface area contributed by atoms with Crippen molar-refractivity contribution in [2.24, 2.45) is 0 Å². The van der Waals surface area contributed by atoms with E-state index in [0.29, 0.717) is 10.0 Å². The minimum atomic E-state index is -0.567. The summed E-state index contributed by atoms with van der Waals surface area (Å²) in [5, 5.41) is 0. The van der Waals surface area contributed by atoms with Gasteiger partial charge >= 0.3 is 0 Å². The quantitative estimate of drug-likeness (QED) is 0.597. The fourth-order valence-electron chi connectivity index (χ4n) is 0.622. The van der Waals surface area contributed by atoms with E-state index in [1.807, 2.05) is 13.8 Å². The molecule has 0 unspecified atom stereocenters. The fourth-order valence-corrected chi connectivity index (χ4v) is 1.08. The van der Waals surface area contributed by atoms with Gasteiger partial charge in [0.2, 0.25) is 0 Å². The monoisotopic (exact) mass is 236 g/mol. The van der Waals surface area contributed by atoms with Crippen molar-refractivity contribution in [2.75, 3.05) is 0 Å². The fraction of sp³-hybridized carbons (Fsp3) is 0.333. The van der Waals surface area contributed by atoms with Gasteiger partial charge in [-0.05, 0) is 34.5 Å². The first-order valence-electron chi connectivity index (χ1n) is 3.72. The van der Waals surface area contributed by atoms with Crippen LogP contribution < -0.4 is 0 Å². The zero-order valence-corrected chi connectivity index (χ0v) is 8.87. The van der Waals surface area contributed by atoms with Gasteiger partial charge in [-0.1, -0.05) is 13.8 Å². The minimum absolute atomic E-state index is 0.298. The first kappa shape index (κ1) is 11.6. The number of aryl methyl sites for hydroxylation is 1. The Bertz CT molecular complexity index is 209. The molecule has 0 saturated heterocycles. The Kier molecular flexibility index (Phi) is 5.06. The predicted molar refractivity (Wildman–Crippen MR) is 50.1 cm³/mol. The van der Waals surface area contributed by atoms with Crippen molar-refractivity contribution in [3.63, 3.8) is 0 Å². The molecule has 0 nitrogen and oxygen atoms in total. The second kappa shape index (κ2) is 5.25. The van der Waals surface area contributed by atoms with Gasteiger partial charge in [0.05, 0.1) is 4.47 Å². The minimum Gasteiger partial charge on any atom is -0.207 e. The molecule has 1 aromatic carbocycles. The second-order valence-electron chi connectivity index (χ2n) is 2.02. The maximum absolute atomic E-state index is 12.5. The van der Waals surface area contributed by atoms with E-state index in [1.165, 1.54) is 6.07 Å². The van der Waals surface area contributed by atoms with E-state index in [-0.39, 0.29) is 0 Å². The van der Waals surface area contributed by atoms with Crippen LogP contribution in [0.25, 0.3) is 0 Å². The average molecular weight is 237 g/mol. The Balaban J connectivity index is 0.000000561. The number of hydrogen-bond acceptors (Lipinski definition) is 0. The van der Waals surface area contributed by atoms with E-state index >= 15 is 0 Å². The lowest BCUT2D eigenvalue weighted by atomic mass is 10.2. The van der Waals surface area contributed by atoms with Crippen LogP contribution in [-0.2, 0) is 0 Å². The van der Waals surface area contributed by atoms with Crippen molar-refractivity contribution in [1.82, 2.24) is 0 Å². The van der Waals surface area contributed by atoms with Gasteiger partial charge in [-0.3, -0.25) is 0 Å². The Hall–Kier alpha value is -0.440. The molecule has 0 spiro atoms. The normalized spacial score (nSPS) is 8.83. The van der Waals surface area contributed by atoms with Gasteiger partial charge in [0.25, 0.3) is 0 Å². The molecule has 0 aliphatic carbocycles. The summed E-state index contributed by atoms with van der Waals surface area (Å²) in [6, 6.07) is 2.27. The number of halogens is 3. The zero-order chi connectivity index (χ0) is 9.72. The van der Waals surface area contributed by atoms with Crippen molar-refractivity contribution in [2.45, 2.75) is 20.8 Å². The molecule has 0 amide bonds. The first-order chi connectivity index (χ1) is 5.61. The van der Waals surface area contributed by atoms with Crippen LogP contribution in [-0.4, -0.2) is 0 Å². The lowest BCUT2D eigenvalue weighted by Gasteiger charge is -1.97. The highest BCUT2D eigenvalue weighted by Gasteiger charge is 2.02. The summed E-state index contributed by atoms with van der Waals surface area (Å²) in [6.45, 7) is 5.58. The molecule has 0 saturated carbocycles. The Morgan fingerprint density at radius 1 is 1.08 bits per heavy atom. The van der Waals surface area contributed by atoms with E-state index in [0.717, 1.165) is 6.07 Å². The lowest BCUT2D eigenvalue weighted by Crippen LogP contribution is -1.85. The lowest BCUT2D eigenvalue weighted by molar-refractivity contribution is 0.573. The van der Waals surface area contributed by atoms with Crippen LogP contribution in [0.15, 0.2) is 16.6 Å². The molecule has 0 bridgehead atoms. The van der Waals surface area contributed by atoms with Crippen LogP contribution in [0.1, 0.15) is 19.4 Å². The molecule has 0 radical (unpaired) electrons. The highest BCUT2D eigenvalue weighted by Crippen LogP contribution is 2.18. The Labute approximate surface area is 79.7 Å². The maximum Gasteiger partial charge on any atom is 0.140 e. The van der Waals surface area contributed by atoms with Crippen molar-refractivity contribution in [1.29, 1.82) is 0 Å². The molecular formula is C9H11BrF2. The third-order valence-electron chi connectivity index (χ3n) is 1.20. The van der Waals surface area contributed by atoms with Crippen LogP contribution in [0.4, 0.5) is 8.78 Å². The molecule has 0 fully saturated rings. The van der Waals surface area contributed by atoms with Crippen molar-refractivity contribution >= 4 is 15.9 Å². The molecule has 1 rings (SSSR count). The van der Waals surface area contributed by atoms with Crippen LogP contribution in [0.3, 0.4) is 0 Å². The molecule has 1 aromatic rings. The molecule has 68 valence electrons. The van der Waals surface area contributed by atoms with Gasteiger partial charge in [-0.2, -0.15) is 0 Å². The molecular weight excluding hydrogens is 226 g/mol. The molecule has 0 aliphatic heterocycles. The predicted octanol–water partition coefficient (Wildman–Crippen LogP) is 4.06. The maximum atomic E-state index is 12.5. The number of hydrogen-bond donors (Lipinski definition) is 0. The average Bonchev–Trinajstić information content (AvgIpc) is 2.05. The summed E-state index contributed by atoms with van der Waals surface area (Å²) in [4.78, 5) is 0. The van der Waals surface area contributed by atoms with Crippen molar-refractivity contribution < 1.29 is 8.78 Å². The van der Waals surface area contributed by atoms with Gasteiger partial charge in [-0.15, -0.1) is 0 Å². The topological polar surface area (TPSA) is 0 Å².